The monoisotopic (exact) mass is 446 g/mol. The summed E-state index contributed by atoms with van der Waals surface area (Å²) in [6.07, 6.45) is 6.06. The quantitative estimate of drug-likeness (QED) is 0.243. The van der Waals surface area contributed by atoms with E-state index < -0.39 is 5.82 Å². The lowest BCUT2D eigenvalue weighted by atomic mass is 9.96. The van der Waals surface area contributed by atoms with Crippen LogP contribution in [0.2, 0.25) is 0 Å². The number of hydrogen-bond donors (Lipinski definition) is 3. The second-order valence-electron chi connectivity index (χ2n) is 8.81. The average molecular weight is 447 g/mol. The van der Waals surface area contributed by atoms with Crippen molar-refractivity contribution in [2.24, 2.45) is 16.6 Å². The molecule has 0 unspecified atom stereocenters. The fourth-order valence-corrected chi connectivity index (χ4v) is 3.50. The number of nitrogen functional groups attached to an aromatic ring is 1. The Balaban J connectivity index is 2.23. The number of nitrogens with zero attached hydrogens (tertiary/aromatic N) is 3. The van der Waals surface area contributed by atoms with Gasteiger partial charge in [-0.25, -0.2) is 9.38 Å². The minimum atomic E-state index is -0.503. The predicted molar refractivity (Wildman–Crippen MR) is 131 cm³/mol. The zero-order valence-corrected chi connectivity index (χ0v) is 20.1. The molecule has 1 aliphatic carbocycles. The summed E-state index contributed by atoms with van der Waals surface area (Å²) in [7, 11) is 2.10. The minimum absolute atomic E-state index is 0.143. The number of benzene rings is 1. The average Bonchev–Trinajstić information content (AvgIpc) is 3.47. The molecule has 8 heteroatoms. The molecular weight excluding hydrogens is 407 g/mol. The summed E-state index contributed by atoms with van der Waals surface area (Å²) >= 11 is 0. The molecule has 0 aliphatic heterocycles. The van der Waals surface area contributed by atoms with Gasteiger partial charge in [-0.05, 0) is 58.8 Å². The number of halogens is 1. The van der Waals surface area contributed by atoms with Crippen molar-refractivity contribution in [2.45, 2.75) is 52.6 Å². The number of anilines is 1. The van der Waals surface area contributed by atoms with Gasteiger partial charge in [-0.3, -0.25) is 0 Å². The molecule has 0 spiro atoms. The van der Waals surface area contributed by atoms with Gasteiger partial charge in [0, 0.05) is 48.6 Å². The maximum absolute atomic E-state index is 14.4. The Kier molecular flexibility index (Phi) is 9.07. The molecule has 7 nitrogen and oxygen atoms in total. The van der Waals surface area contributed by atoms with Crippen molar-refractivity contribution in [1.82, 2.24) is 9.80 Å². The maximum Gasteiger partial charge on any atom is 0.167 e. The summed E-state index contributed by atoms with van der Waals surface area (Å²) in [6, 6.07) is 2.78. The summed E-state index contributed by atoms with van der Waals surface area (Å²) in [5, 5.41) is 8.73. The van der Waals surface area contributed by atoms with Crippen LogP contribution in [0.4, 0.5) is 10.1 Å². The van der Waals surface area contributed by atoms with Crippen molar-refractivity contribution in [3.63, 3.8) is 0 Å². The van der Waals surface area contributed by atoms with E-state index in [0.717, 1.165) is 45.4 Å². The lowest BCUT2D eigenvalue weighted by molar-refractivity contribution is 0.191. The summed E-state index contributed by atoms with van der Waals surface area (Å²) < 4.78 is 20.2. The van der Waals surface area contributed by atoms with Gasteiger partial charge in [-0.2, -0.15) is 0 Å². The van der Waals surface area contributed by atoms with Gasteiger partial charge in [-0.15, -0.1) is 0 Å². The van der Waals surface area contributed by atoms with Crippen molar-refractivity contribution in [3.8, 4) is 5.75 Å². The highest BCUT2D eigenvalue weighted by atomic mass is 19.1. The van der Waals surface area contributed by atoms with Crippen molar-refractivity contribution >= 4 is 17.7 Å². The number of aliphatic imine (C=N–C) groups is 1. The highest BCUT2D eigenvalue weighted by Crippen LogP contribution is 2.41. The molecule has 0 amide bonds. The molecule has 1 aliphatic rings. The number of nitrogens with two attached hydrogens (primary N) is 2. The summed E-state index contributed by atoms with van der Waals surface area (Å²) in [4.78, 5) is 8.77. The van der Waals surface area contributed by atoms with Crippen LogP contribution in [0.5, 0.6) is 5.75 Å². The van der Waals surface area contributed by atoms with E-state index in [-0.39, 0.29) is 28.7 Å². The molecule has 0 heterocycles. The molecule has 0 saturated heterocycles. The topological polar surface area (TPSA) is 104 Å². The number of rotatable bonds is 13. The van der Waals surface area contributed by atoms with Gasteiger partial charge in [0.15, 0.2) is 11.6 Å². The molecule has 0 bridgehead atoms. The molecule has 0 radical (unpaired) electrons. The van der Waals surface area contributed by atoms with E-state index in [9.17, 15) is 4.39 Å². The van der Waals surface area contributed by atoms with Crippen LogP contribution in [0.25, 0.3) is 0 Å². The van der Waals surface area contributed by atoms with Crippen LogP contribution in [-0.4, -0.2) is 60.7 Å². The van der Waals surface area contributed by atoms with Crippen molar-refractivity contribution in [2.75, 3.05) is 39.0 Å². The molecule has 1 atom stereocenters. The summed E-state index contributed by atoms with van der Waals surface area (Å²) in [5.41, 5.74) is 12.3. The van der Waals surface area contributed by atoms with Crippen molar-refractivity contribution in [1.29, 1.82) is 5.41 Å². The molecule has 0 aromatic heterocycles. The standard InChI is InChI=1S/C24H39FN6O/c1-6-10-30(5)11-12-31(7-2)22(29-16-26)13-17(3)23(28)18-14-21(19(25)15-20(18)27)32-24(4)8-9-24/h13-17,28H,6-12,27H2,1-5H3,(H2,26,29)/b22-13+,28-23?/t17-/m1/s1. The Labute approximate surface area is 191 Å². The third-order valence-corrected chi connectivity index (χ3v) is 5.83. The number of likely N-dealkylation sites (N-methyl/N-ethyl adjacent to an activating group) is 2. The summed E-state index contributed by atoms with van der Waals surface area (Å²) in [6.45, 7) is 11.6. The van der Waals surface area contributed by atoms with E-state index in [1.807, 2.05) is 19.9 Å². The van der Waals surface area contributed by atoms with E-state index in [2.05, 4.69) is 35.7 Å². The smallest absolute Gasteiger partial charge is 0.167 e. The van der Waals surface area contributed by atoms with E-state index in [4.69, 9.17) is 21.6 Å². The molecular formula is C24H39FN6O. The Bertz CT molecular complexity index is 849. The first-order valence-electron chi connectivity index (χ1n) is 11.4. The van der Waals surface area contributed by atoms with E-state index in [1.54, 1.807) is 6.07 Å². The van der Waals surface area contributed by atoms with Crippen LogP contribution in [-0.2, 0) is 0 Å². The SMILES string of the molecule is CCCN(C)CCN(CC)C(=C/[C@@H](C)C(=N)c1cc(OC2(C)CC2)c(F)cc1N)/N=C\N. The van der Waals surface area contributed by atoms with Crippen molar-refractivity contribution < 1.29 is 9.13 Å². The van der Waals surface area contributed by atoms with Crippen LogP contribution in [0.1, 0.15) is 52.5 Å². The zero-order valence-electron chi connectivity index (χ0n) is 20.1. The molecule has 1 fully saturated rings. The van der Waals surface area contributed by atoms with Crippen molar-refractivity contribution in [3.05, 3.63) is 35.4 Å². The molecule has 178 valence electrons. The molecule has 32 heavy (non-hydrogen) atoms. The highest BCUT2D eigenvalue weighted by molar-refractivity contribution is 6.05. The first kappa shape index (κ1) is 25.6. The van der Waals surface area contributed by atoms with E-state index in [0.29, 0.717) is 11.4 Å². The second-order valence-corrected chi connectivity index (χ2v) is 8.81. The Hall–Kier alpha value is -2.61. The largest absolute Gasteiger partial charge is 0.484 e. The highest BCUT2D eigenvalue weighted by Gasteiger charge is 2.40. The van der Waals surface area contributed by atoms with E-state index >= 15 is 0 Å². The van der Waals surface area contributed by atoms with Crippen LogP contribution in [0.15, 0.2) is 29.0 Å². The van der Waals surface area contributed by atoms with Gasteiger partial charge in [-0.1, -0.05) is 13.8 Å². The number of allylic oxidation sites excluding steroid dienone is 1. The van der Waals surface area contributed by atoms with Crippen LogP contribution < -0.4 is 16.2 Å². The van der Waals surface area contributed by atoms with Gasteiger partial charge >= 0.3 is 0 Å². The lowest BCUT2D eigenvalue weighted by Crippen LogP contribution is -2.33. The van der Waals surface area contributed by atoms with Crippen LogP contribution >= 0.6 is 0 Å². The first-order chi connectivity index (χ1) is 15.1. The minimum Gasteiger partial charge on any atom is -0.484 e. The Morgan fingerprint density at radius 2 is 2.00 bits per heavy atom. The molecule has 1 aromatic rings. The Morgan fingerprint density at radius 1 is 1.31 bits per heavy atom. The zero-order chi connectivity index (χ0) is 23.9. The summed E-state index contributed by atoms with van der Waals surface area (Å²) in [5.74, 6) is 0.0367. The fraction of sp³-hybridized carbons (Fsp3) is 0.583. The number of nitrogens with one attached hydrogen (secondary N) is 1. The second kappa shape index (κ2) is 11.3. The van der Waals surface area contributed by atoms with Gasteiger partial charge in [0.25, 0.3) is 0 Å². The van der Waals surface area contributed by atoms with Gasteiger partial charge < -0.3 is 31.4 Å². The van der Waals surface area contributed by atoms with Gasteiger partial charge in [0.05, 0.1) is 6.34 Å². The third kappa shape index (κ3) is 6.95. The first-order valence-corrected chi connectivity index (χ1v) is 11.4. The predicted octanol–water partition coefficient (Wildman–Crippen LogP) is 3.84. The maximum atomic E-state index is 14.4. The molecule has 1 aromatic carbocycles. The van der Waals surface area contributed by atoms with Crippen LogP contribution in [0, 0.1) is 17.1 Å². The Morgan fingerprint density at radius 3 is 2.56 bits per heavy atom. The molecule has 2 rings (SSSR count). The van der Waals surface area contributed by atoms with Gasteiger partial charge in [0.1, 0.15) is 11.4 Å². The third-order valence-electron chi connectivity index (χ3n) is 5.83. The normalized spacial score (nSPS) is 16.4. The molecule has 1 saturated carbocycles. The fourth-order valence-electron chi connectivity index (χ4n) is 3.50. The molecule has 5 N–H and O–H groups in total. The lowest BCUT2D eigenvalue weighted by Gasteiger charge is -2.27. The van der Waals surface area contributed by atoms with Gasteiger partial charge in [0.2, 0.25) is 0 Å². The number of ether oxygens (including phenoxy) is 1. The van der Waals surface area contributed by atoms with E-state index in [1.165, 1.54) is 12.4 Å². The van der Waals surface area contributed by atoms with Crippen LogP contribution in [0.3, 0.4) is 0 Å². The number of hydrogen-bond acceptors (Lipinski definition) is 6.